The molecule has 1 aliphatic carbocycles. The van der Waals surface area contributed by atoms with Gasteiger partial charge in [-0.3, -0.25) is 10.3 Å². The summed E-state index contributed by atoms with van der Waals surface area (Å²) >= 11 is 0. The summed E-state index contributed by atoms with van der Waals surface area (Å²) in [6.45, 7) is 0.982. The third kappa shape index (κ3) is 3.51. The van der Waals surface area contributed by atoms with Gasteiger partial charge in [-0.2, -0.15) is 0 Å². The molecule has 1 aliphatic heterocycles. The van der Waals surface area contributed by atoms with E-state index in [-0.39, 0.29) is 11.8 Å². The van der Waals surface area contributed by atoms with Crippen LogP contribution in [0.25, 0.3) is 11.3 Å². The summed E-state index contributed by atoms with van der Waals surface area (Å²) in [5.74, 6) is 0.609. The Kier molecular flexibility index (Phi) is 4.16. The predicted molar refractivity (Wildman–Crippen MR) is 109 cm³/mol. The minimum absolute atomic E-state index is 0.272. The monoisotopic (exact) mass is 389 g/mol. The van der Waals surface area contributed by atoms with Gasteiger partial charge in [-0.1, -0.05) is 6.07 Å². The van der Waals surface area contributed by atoms with Crippen LogP contribution < -0.4 is 11.1 Å². The average Bonchev–Trinajstić information content (AvgIpc) is 3.48. The van der Waals surface area contributed by atoms with Crippen LogP contribution in [0, 0.1) is 5.82 Å². The number of hydrogen-bond acceptors (Lipinski definition) is 4. The smallest absolute Gasteiger partial charge is 0.323 e. The topological polar surface area (TPSA) is 84.1 Å². The normalized spacial score (nSPS) is 15.3. The van der Waals surface area contributed by atoms with E-state index in [1.807, 2.05) is 6.20 Å². The molecule has 3 heterocycles. The molecule has 3 N–H and O–H groups in total. The van der Waals surface area contributed by atoms with Crippen molar-refractivity contribution in [3.8, 4) is 11.3 Å². The standard InChI is InChI=1S/C22H20FN5O/c23-17-5-3-14(4-6-17)19-8-7-18(24)21(26-19)27-22(29)28-11-16-9-15(13-1-2-13)10-25-20(16)12-28/h3-10,13H,1-2,11-12,24H2,(H,26,27,29). The predicted octanol–water partition coefficient (Wildman–Crippen LogP) is 4.29. The first-order valence-corrected chi connectivity index (χ1v) is 9.63. The summed E-state index contributed by atoms with van der Waals surface area (Å²) in [5, 5.41) is 2.81. The number of carbonyl (C=O) groups is 1. The van der Waals surface area contributed by atoms with Crippen LogP contribution in [0.2, 0.25) is 0 Å². The van der Waals surface area contributed by atoms with E-state index in [1.54, 1.807) is 29.2 Å². The Balaban J connectivity index is 1.33. The van der Waals surface area contributed by atoms with Crippen molar-refractivity contribution >= 4 is 17.5 Å². The first-order valence-electron chi connectivity index (χ1n) is 9.63. The average molecular weight is 389 g/mol. The van der Waals surface area contributed by atoms with Gasteiger partial charge in [-0.05, 0) is 66.3 Å². The SMILES string of the molecule is Nc1ccc(-c2ccc(F)cc2)nc1NC(=O)N1Cc2cc(C3CC3)cnc2C1. The highest BCUT2D eigenvalue weighted by Gasteiger charge is 2.29. The molecular weight excluding hydrogens is 369 g/mol. The van der Waals surface area contributed by atoms with Gasteiger partial charge in [0, 0.05) is 18.3 Å². The number of urea groups is 1. The molecule has 0 atom stereocenters. The second-order valence-electron chi connectivity index (χ2n) is 7.58. The molecule has 2 aromatic heterocycles. The Labute approximate surface area is 167 Å². The number of nitrogens with two attached hydrogens (primary N) is 1. The number of benzene rings is 1. The van der Waals surface area contributed by atoms with Gasteiger partial charge in [0.2, 0.25) is 0 Å². The molecule has 6 nitrogen and oxygen atoms in total. The van der Waals surface area contributed by atoms with E-state index >= 15 is 0 Å². The summed E-state index contributed by atoms with van der Waals surface area (Å²) in [5.41, 5.74) is 11.0. The largest absolute Gasteiger partial charge is 0.396 e. The number of nitrogen functional groups attached to an aromatic ring is 1. The van der Waals surface area contributed by atoms with Crippen LogP contribution in [-0.4, -0.2) is 20.9 Å². The van der Waals surface area contributed by atoms with Crippen molar-refractivity contribution in [2.24, 2.45) is 0 Å². The van der Waals surface area contributed by atoms with Gasteiger partial charge in [0.1, 0.15) is 5.82 Å². The van der Waals surface area contributed by atoms with Crippen LogP contribution in [0.5, 0.6) is 0 Å². The van der Waals surface area contributed by atoms with E-state index < -0.39 is 0 Å². The molecule has 0 radical (unpaired) electrons. The van der Waals surface area contributed by atoms with Crippen molar-refractivity contribution in [3.63, 3.8) is 0 Å². The highest BCUT2D eigenvalue weighted by Crippen LogP contribution is 2.40. The molecule has 29 heavy (non-hydrogen) atoms. The maximum atomic E-state index is 13.2. The summed E-state index contributed by atoms with van der Waals surface area (Å²) in [6.07, 6.45) is 4.38. The molecule has 0 unspecified atom stereocenters. The third-order valence-electron chi connectivity index (χ3n) is 5.41. The summed E-state index contributed by atoms with van der Waals surface area (Å²) in [6, 6.07) is 11.4. The first-order chi connectivity index (χ1) is 14.1. The van der Waals surface area contributed by atoms with E-state index in [0.717, 1.165) is 16.8 Å². The molecule has 1 aromatic carbocycles. The lowest BCUT2D eigenvalue weighted by Crippen LogP contribution is -2.31. The fourth-order valence-corrected chi connectivity index (χ4v) is 3.59. The minimum Gasteiger partial charge on any atom is -0.396 e. The highest BCUT2D eigenvalue weighted by molar-refractivity contribution is 5.92. The zero-order valence-corrected chi connectivity index (χ0v) is 15.7. The van der Waals surface area contributed by atoms with E-state index in [9.17, 15) is 9.18 Å². The lowest BCUT2D eigenvalue weighted by Gasteiger charge is -2.17. The van der Waals surface area contributed by atoms with E-state index in [2.05, 4.69) is 21.4 Å². The molecule has 3 aromatic rings. The number of carbonyl (C=O) groups excluding carboxylic acids is 1. The number of anilines is 2. The quantitative estimate of drug-likeness (QED) is 0.700. The number of fused-ring (bicyclic) bond motifs is 1. The van der Waals surface area contributed by atoms with Gasteiger partial charge in [0.05, 0.1) is 23.6 Å². The molecule has 7 heteroatoms. The summed E-state index contributed by atoms with van der Waals surface area (Å²) in [7, 11) is 0. The fraction of sp³-hybridized carbons (Fsp3) is 0.227. The Hall–Kier alpha value is -3.48. The Morgan fingerprint density at radius 1 is 1.14 bits per heavy atom. The van der Waals surface area contributed by atoms with Crippen LogP contribution in [0.3, 0.4) is 0 Å². The number of halogens is 1. The Morgan fingerprint density at radius 2 is 1.93 bits per heavy atom. The van der Waals surface area contributed by atoms with Crippen LogP contribution in [-0.2, 0) is 13.1 Å². The van der Waals surface area contributed by atoms with Crippen LogP contribution in [0.4, 0.5) is 20.7 Å². The zero-order valence-electron chi connectivity index (χ0n) is 15.7. The molecule has 0 spiro atoms. The van der Waals surface area contributed by atoms with Gasteiger partial charge < -0.3 is 10.6 Å². The van der Waals surface area contributed by atoms with Gasteiger partial charge in [-0.15, -0.1) is 0 Å². The lowest BCUT2D eigenvalue weighted by molar-refractivity contribution is 0.212. The van der Waals surface area contributed by atoms with Crippen molar-refractivity contribution in [2.75, 3.05) is 11.1 Å². The minimum atomic E-state index is -0.315. The molecule has 146 valence electrons. The van der Waals surface area contributed by atoms with Gasteiger partial charge in [0.15, 0.2) is 5.82 Å². The van der Waals surface area contributed by atoms with Crippen molar-refractivity contribution in [1.82, 2.24) is 14.9 Å². The molecule has 0 saturated heterocycles. The lowest BCUT2D eigenvalue weighted by atomic mass is 10.1. The molecule has 5 rings (SSSR count). The second kappa shape index (κ2) is 6.84. The third-order valence-corrected chi connectivity index (χ3v) is 5.41. The highest BCUT2D eigenvalue weighted by atomic mass is 19.1. The van der Waals surface area contributed by atoms with Crippen LogP contribution in [0.1, 0.15) is 35.6 Å². The number of amides is 2. The van der Waals surface area contributed by atoms with Gasteiger partial charge >= 0.3 is 6.03 Å². The number of rotatable bonds is 3. The van der Waals surface area contributed by atoms with E-state index in [1.165, 1.54) is 30.5 Å². The first kappa shape index (κ1) is 17.6. The molecule has 1 saturated carbocycles. The van der Waals surface area contributed by atoms with Crippen molar-refractivity contribution < 1.29 is 9.18 Å². The van der Waals surface area contributed by atoms with Gasteiger partial charge in [0.25, 0.3) is 0 Å². The molecule has 0 bridgehead atoms. The van der Waals surface area contributed by atoms with Crippen molar-refractivity contribution in [3.05, 3.63) is 71.3 Å². The summed E-state index contributed by atoms with van der Waals surface area (Å²) in [4.78, 5) is 23.5. The van der Waals surface area contributed by atoms with Crippen LogP contribution >= 0.6 is 0 Å². The number of pyridine rings is 2. The maximum Gasteiger partial charge on any atom is 0.323 e. The van der Waals surface area contributed by atoms with Crippen molar-refractivity contribution in [2.45, 2.75) is 31.8 Å². The Bertz CT molecular complexity index is 1090. The molecule has 2 aliphatic rings. The molecular formula is C22H20FN5O. The second-order valence-corrected chi connectivity index (χ2v) is 7.58. The van der Waals surface area contributed by atoms with E-state index in [4.69, 9.17) is 5.73 Å². The maximum absolute atomic E-state index is 13.2. The van der Waals surface area contributed by atoms with Gasteiger partial charge in [-0.25, -0.2) is 14.2 Å². The zero-order chi connectivity index (χ0) is 20.0. The molecule has 2 amide bonds. The number of nitrogens with one attached hydrogen (secondary N) is 1. The fourth-order valence-electron chi connectivity index (χ4n) is 3.59. The van der Waals surface area contributed by atoms with E-state index in [0.29, 0.717) is 36.2 Å². The Morgan fingerprint density at radius 3 is 2.69 bits per heavy atom. The molecule has 1 fully saturated rings. The number of aromatic nitrogens is 2. The number of nitrogens with zero attached hydrogens (tertiary/aromatic N) is 3. The van der Waals surface area contributed by atoms with Crippen LogP contribution in [0.15, 0.2) is 48.7 Å². The summed E-state index contributed by atoms with van der Waals surface area (Å²) < 4.78 is 13.2. The van der Waals surface area contributed by atoms with Crippen molar-refractivity contribution in [1.29, 1.82) is 0 Å². The number of hydrogen-bond donors (Lipinski definition) is 2.